The van der Waals surface area contributed by atoms with Gasteiger partial charge in [-0.1, -0.05) is 0 Å². The minimum absolute atomic E-state index is 0.0421. The predicted molar refractivity (Wildman–Crippen MR) is 85.0 cm³/mol. The first-order valence-corrected chi connectivity index (χ1v) is 7.72. The summed E-state index contributed by atoms with van der Waals surface area (Å²) in [6, 6.07) is 3.42. The Kier molecular flexibility index (Phi) is 5.90. The fourth-order valence-electron chi connectivity index (χ4n) is 2.47. The Labute approximate surface area is 134 Å². The van der Waals surface area contributed by atoms with E-state index in [0.717, 1.165) is 24.6 Å². The molecule has 0 radical (unpaired) electrons. The number of piperidine rings is 1. The Morgan fingerprint density at radius 2 is 2.22 bits per heavy atom. The maximum Gasteiger partial charge on any atom is 0.222 e. The molecule has 1 unspecified atom stereocenters. The Morgan fingerprint density at radius 1 is 1.43 bits per heavy atom. The first-order valence-electron chi connectivity index (χ1n) is 7.72. The second-order valence-electron chi connectivity index (χ2n) is 5.59. The lowest BCUT2D eigenvalue weighted by Crippen LogP contribution is -2.51. The van der Waals surface area contributed by atoms with Crippen LogP contribution in [0.5, 0.6) is 0 Å². The fourth-order valence-corrected chi connectivity index (χ4v) is 2.47. The molecule has 0 saturated carbocycles. The third-order valence-electron chi connectivity index (χ3n) is 3.73. The fraction of sp³-hybridized carbons (Fsp3) is 0.500. The van der Waals surface area contributed by atoms with Gasteiger partial charge in [-0.3, -0.25) is 4.79 Å². The molecular weight excluding hydrogens is 302 g/mol. The number of carbonyl (C=O) groups is 1. The van der Waals surface area contributed by atoms with Crippen LogP contribution in [0.2, 0.25) is 0 Å². The highest BCUT2D eigenvalue weighted by Gasteiger charge is 2.23. The molecule has 1 heterocycles. The minimum atomic E-state index is -0.484. The van der Waals surface area contributed by atoms with Crippen molar-refractivity contribution in [2.75, 3.05) is 20.1 Å². The molecule has 0 aliphatic carbocycles. The van der Waals surface area contributed by atoms with Gasteiger partial charge in [-0.25, -0.2) is 13.8 Å². The van der Waals surface area contributed by atoms with Gasteiger partial charge in [-0.15, -0.1) is 0 Å². The SMILES string of the molecule is CCNC(=NCc1cc(F)ccc1F)NC1CCC(=O)N(C)C1. The number of halogens is 2. The van der Waals surface area contributed by atoms with Crippen molar-refractivity contribution in [3.8, 4) is 0 Å². The van der Waals surface area contributed by atoms with Gasteiger partial charge in [0.1, 0.15) is 11.6 Å². The lowest BCUT2D eigenvalue weighted by Gasteiger charge is -2.31. The van der Waals surface area contributed by atoms with Gasteiger partial charge in [-0.05, 0) is 31.5 Å². The highest BCUT2D eigenvalue weighted by Crippen LogP contribution is 2.12. The number of hydrogen-bond donors (Lipinski definition) is 2. The van der Waals surface area contributed by atoms with Gasteiger partial charge < -0.3 is 15.5 Å². The van der Waals surface area contributed by atoms with E-state index in [0.29, 0.717) is 25.5 Å². The maximum atomic E-state index is 13.6. The lowest BCUT2D eigenvalue weighted by atomic mass is 10.1. The largest absolute Gasteiger partial charge is 0.357 e. The minimum Gasteiger partial charge on any atom is -0.357 e. The van der Waals surface area contributed by atoms with Crippen LogP contribution in [0.1, 0.15) is 25.3 Å². The summed E-state index contributed by atoms with van der Waals surface area (Å²) in [6.45, 7) is 3.22. The zero-order valence-corrected chi connectivity index (χ0v) is 13.4. The van der Waals surface area contributed by atoms with Crippen LogP contribution in [-0.4, -0.2) is 42.9 Å². The standard InChI is InChI=1S/C16H22F2N4O/c1-3-19-16(21-13-5-7-15(23)22(2)10-13)20-9-11-8-12(17)4-6-14(11)18/h4,6,8,13H,3,5,7,9-10H2,1-2H3,(H2,19,20,21). The van der Waals surface area contributed by atoms with Crippen LogP contribution >= 0.6 is 0 Å². The highest BCUT2D eigenvalue weighted by atomic mass is 19.1. The molecule has 7 heteroatoms. The van der Waals surface area contributed by atoms with E-state index in [9.17, 15) is 13.6 Å². The predicted octanol–water partition coefficient (Wildman–Crippen LogP) is 1.64. The quantitative estimate of drug-likeness (QED) is 0.654. The maximum absolute atomic E-state index is 13.6. The van der Waals surface area contributed by atoms with E-state index in [-0.39, 0.29) is 24.1 Å². The molecule has 0 aromatic heterocycles. The van der Waals surface area contributed by atoms with Gasteiger partial charge >= 0.3 is 0 Å². The summed E-state index contributed by atoms with van der Waals surface area (Å²) in [4.78, 5) is 17.5. The van der Waals surface area contributed by atoms with Crippen molar-refractivity contribution in [1.29, 1.82) is 0 Å². The molecule has 23 heavy (non-hydrogen) atoms. The molecule has 0 spiro atoms. The molecule has 1 saturated heterocycles. The number of carbonyl (C=O) groups excluding carboxylic acids is 1. The number of likely N-dealkylation sites (N-methyl/N-ethyl adjacent to an activating group) is 1. The van der Waals surface area contributed by atoms with E-state index in [4.69, 9.17) is 0 Å². The number of nitrogens with zero attached hydrogens (tertiary/aromatic N) is 2. The summed E-state index contributed by atoms with van der Waals surface area (Å²) < 4.78 is 26.8. The van der Waals surface area contributed by atoms with Crippen molar-refractivity contribution < 1.29 is 13.6 Å². The van der Waals surface area contributed by atoms with E-state index in [1.54, 1.807) is 11.9 Å². The van der Waals surface area contributed by atoms with Crippen molar-refractivity contribution in [2.45, 2.75) is 32.4 Å². The molecule has 1 aromatic carbocycles. The summed E-state index contributed by atoms with van der Waals surface area (Å²) in [7, 11) is 1.77. The topological polar surface area (TPSA) is 56.7 Å². The molecule has 5 nitrogen and oxygen atoms in total. The van der Waals surface area contributed by atoms with Crippen molar-refractivity contribution in [2.24, 2.45) is 4.99 Å². The lowest BCUT2D eigenvalue weighted by molar-refractivity contribution is -0.132. The van der Waals surface area contributed by atoms with Gasteiger partial charge in [0, 0.05) is 38.2 Å². The molecule has 1 atom stereocenters. The summed E-state index contributed by atoms with van der Waals surface area (Å²) in [5.74, 6) is -0.299. The van der Waals surface area contributed by atoms with Crippen LogP contribution in [0.25, 0.3) is 0 Å². The Balaban J connectivity index is 2.02. The average Bonchev–Trinajstić information content (AvgIpc) is 2.52. The van der Waals surface area contributed by atoms with Crippen LogP contribution in [0, 0.1) is 11.6 Å². The Morgan fingerprint density at radius 3 is 2.91 bits per heavy atom. The van der Waals surface area contributed by atoms with Crippen molar-refractivity contribution in [3.05, 3.63) is 35.4 Å². The van der Waals surface area contributed by atoms with Crippen LogP contribution in [0.15, 0.2) is 23.2 Å². The average molecular weight is 324 g/mol. The van der Waals surface area contributed by atoms with Gasteiger partial charge in [0.05, 0.1) is 6.54 Å². The normalized spacial score (nSPS) is 19.0. The molecule has 2 N–H and O–H groups in total. The smallest absolute Gasteiger partial charge is 0.222 e. The molecule has 126 valence electrons. The molecule has 1 aliphatic rings. The molecule has 2 rings (SSSR count). The van der Waals surface area contributed by atoms with E-state index in [2.05, 4.69) is 15.6 Å². The van der Waals surface area contributed by atoms with Crippen LogP contribution in [-0.2, 0) is 11.3 Å². The molecule has 1 fully saturated rings. The van der Waals surface area contributed by atoms with Crippen LogP contribution in [0.4, 0.5) is 8.78 Å². The third-order valence-corrected chi connectivity index (χ3v) is 3.73. The third kappa shape index (κ3) is 4.91. The summed E-state index contributed by atoms with van der Waals surface area (Å²) in [5, 5.41) is 6.32. The van der Waals surface area contributed by atoms with Gasteiger partial charge in [0.15, 0.2) is 5.96 Å². The number of benzene rings is 1. The number of likely N-dealkylation sites (tertiary alicyclic amines) is 1. The molecular formula is C16H22F2N4O. The molecule has 1 amide bonds. The van der Waals surface area contributed by atoms with E-state index >= 15 is 0 Å². The van der Waals surface area contributed by atoms with Gasteiger partial charge in [-0.2, -0.15) is 0 Å². The summed E-state index contributed by atoms with van der Waals surface area (Å²) in [6.07, 6.45) is 1.22. The zero-order chi connectivity index (χ0) is 16.8. The number of nitrogens with one attached hydrogen (secondary N) is 2. The molecule has 1 aromatic rings. The molecule has 0 bridgehead atoms. The summed E-state index contributed by atoms with van der Waals surface area (Å²) >= 11 is 0. The number of guanidine groups is 1. The van der Waals surface area contributed by atoms with Crippen LogP contribution in [0.3, 0.4) is 0 Å². The van der Waals surface area contributed by atoms with Gasteiger partial charge in [0.2, 0.25) is 5.91 Å². The summed E-state index contributed by atoms with van der Waals surface area (Å²) in [5.41, 5.74) is 0.207. The monoisotopic (exact) mass is 324 g/mol. The zero-order valence-electron chi connectivity index (χ0n) is 13.4. The number of rotatable bonds is 4. The number of aliphatic imine (C=N–C) groups is 1. The first-order chi connectivity index (χ1) is 11.0. The van der Waals surface area contributed by atoms with Crippen LogP contribution < -0.4 is 10.6 Å². The van der Waals surface area contributed by atoms with E-state index in [1.807, 2.05) is 6.92 Å². The number of amides is 1. The molecule has 1 aliphatic heterocycles. The van der Waals surface area contributed by atoms with E-state index < -0.39 is 11.6 Å². The Hall–Kier alpha value is -2.18. The second-order valence-corrected chi connectivity index (χ2v) is 5.59. The van der Waals surface area contributed by atoms with Gasteiger partial charge in [0.25, 0.3) is 0 Å². The highest BCUT2D eigenvalue weighted by molar-refractivity contribution is 5.81. The van der Waals surface area contributed by atoms with Crippen molar-refractivity contribution in [1.82, 2.24) is 15.5 Å². The first kappa shape index (κ1) is 17.2. The van der Waals surface area contributed by atoms with Crippen molar-refractivity contribution >= 4 is 11.9 Å². The number of hydrogen-bond acceptors (Lipinski definition) is 2. The second kappa shape index (κ2) is 7.89. The van der Waals surface area contributed by atoms with Crippen molar-refractivity contribution in [3.63, 3.8) is 0 Å². The van der Waals surface area contributed by atoms with E-state index in [1.165, 1.54) is 0 Å². The Bertz CT molecular complexity index is 591.